The number of amides is 1. The van der Waals surface area contributed by atoms with Gasteiger partial charge in [0.15, 0.2) is 0 Å². The van der Waals surface area contributed by atoms with Crippen LogP contribution in [0, 0.1) is 0 Å². The van der Waals surface area contributed by atoms with E-state index in [4.69, 9.17) is 5.73 Å². The molecular weight excluding hydrogens is 244 g/mol. The lowest BCUT2D eigenvalue weighted by atomic mass is 10.0. The number of aryl methyl sites for hydroxylation is 1. The number of hydrogen-bond donors (Lipinski definition) is 2. The van der Waals surface area contributed by atoms with Gasteiger partial charge in [-0.2, -0.15) is 0 Å². The molecule has 1 rings (SSSR count). The molecule has 0 aliphatic carbocycles. The van der Waals surface area contributed by atoms with Gasteiger partial charge in [0.25, 0.3) is 0 Å². The van der Waals surface area contributed by atoms with Crippen molar-refractivity contribution in [3.63, 3.8) is 0 Å². The zero-order valence-electron chi connectivity index (χ0n) is 11.5. The first-order valence-electron chi connectivity index (χ1n) is 6.09. The van der Waals surface area contributed by atoms with Gasteiger partial charge >= 0.3 is 5.97 Å². The molecule has 0 bridgehead atoms. The number of carbonyl (C=O) groups excluding carboxylic acids is 2. The number of rotatable bonds is 5. The first-order chi connectivity index (χ1) is 8.85. The largest absolute Gasteiger partial charge is 0.467 e. The Morgan fingerprint density at radius 3 is 2.37 bits per heavy atom. The highest BCUT2D eigenvalue weighted by atomic mass is 16.5. The first-order valence-corrected chi connectivity index (χ1v) is 6.09. The summed E-state index contributed by atoms with van der Waals surface area (Å²) in [6.45, 7) is 3.22. The molecule has 1 amide bonds. The molecular formula is C14H20N2O3. The molecule has 0 unspecified atom stereocenters. The minimum atomic E-state index is -1.01. The Morgan fingerprint density at radius 1 is 1.26 bits per heavy atom. The van der Waals surface area contributed by atoms with E-state index in [1.807, 2.05) is 12.1 Å². The lowest BCUT2D eigenvalue weighted by Gasteiger charge is -2.23. The second-order valence-electron chi connectivity index (χ2n) is 4.91. The number of esters is 1. The first kappa shape index (κ1) is 15.0. The number of anilines is 1. The molecule has 1 aromatic rings. The van der Waals surface area contributed by atoms with E-state index in [2.05, 4.69) is 10.1 Å². The fourth-order valence-electron chi connectivity index (χ4n) is 1.66. The highest BCUT2D eigenvalue weighted by Crippen LogP contribution is 2.09. The van der Waals surface area contributed by atoms with Crippen molar-refractivity contribution in [2.45, 2.75) is 32.2 Å². The summed E-state index contributed by atoms with van der Waals surface area (Å²) in [6, 6.07) is 7.36. The van der Waals surface area contributed by atoms with Crippen LogP contribution in [0.3, 0.4) is 0 Å². The van der Waals surface area contributed by atoms with Crippen LogP contribution in [-0.4, -0.2) is 24.5 Å². The average molecular weight is 264 g/mol. The van der Waals surface area contributed by atoms with Gasteiger partial charge in [0.05, 0.1) is 7.11 Å². The summed E-state index contributed by atoms with van der Waals surface area (Å²) < 4.78 is 4.62. The van der Waals surface area contributed by atoms with Gasteiger partial charge in [-0.1, -0.05) is 12.1 Å². The maximum absolute atomic E-state index is 11.8. The van der Waals surface area contributed by atoms with Crippen molar-refractivity contribution in [2.24, 2.45) is 0 Å². The number of nitrogens with two attached hydrogens (primary N) is 1. The zero-order valence-corrected chi connectivity index (χ0v) is 11.5. The van der Waals surface area contributed by atoms with E-state index >= 15 is 0 Å². The monoisotopic (exact) mass is 264 g/mol. The number of carbonyl (C=O) groups is 2. The van der Waals surface area contributed by atoms with E-state index in [-0.39, 0.29) is 5.91 Å². The summed E-state index contributed by atoms with van der Waals surface area (Å²) in [6.07, 6.45) is 0.910. The molecule has 3 N–H and O–H groups in total. The van der Waals surface area contributed by atoms with Crippen LogP contribution in [0.5, 0.6) is 0 Å². The Balaban J connectivity index is 2.48. The van der Waals surface area contributed by atoms with Crippen LogP contribution >= 0.6 is 0 Å². The van der Waals surface area contributed by atoms with Gasteiger partial charge in [0.1, 0.15) is 5.54 Å². The van der Waals surface area contributed by atoms with Gasteiger partial charge in [0.2, 0.25) is 5.91 Å². The van der Waals surface area contributed by atoms with Crippen molar-refractivity contribution >= 4 is 17.6 Å². The molecule has 0 saturated carbocycles. The van der Waals surface area contributed by atoms with Crippen molar-refractivity contribution in [3.05, 3.63) is 29.8 Å². The second-order valence-corrected chi connectivity index (χ2v) is 4.91. The van der Waals surface area contributed by atoms with Gasteiger partial charge in [0, 0.05) is 12.1 Å². The Hall–Kier alpha value is -2.04. The molecule has 0 fully saturated rings. The van der Waals surface area contributed by atoms with Crippen LogP contribution in [0.4, 0.5) is 5.69 Å². The van der Waals surface area contributed by atoms with Crippen molar-refractivity contribution in [1.29, 1.82) is 0 Å². The summed E-state index contributed by atoms with van der Waals surface area (Å²) in [5, 5.41) is 2.65. The van der Waals surface area contributed by atoms with Crippen LogP contribution in [0.1, 0.15) is 25.8 Å². The van der Waals surface area contributed by atoms with E-state index < -0.39 is 11.5 Å². The molecule has 0 radical (unpaired) electrons. The quantitative estimate of drug-likeness (QED) is 0.620. The van der Waals surface area contributed by atoms with Crippen LogP contribution in [0.25, 0.3) is 0 Å². The molecule has 1 aromatic carbocycles. The van der Waals surface area contributed by atoms with Gasteiger partial charge < -0.3 is 15.8 Å². The average Bonchev–Trinajstić information content (AvgIpc) is 2.36. The molecule has 104 valence electrons. The zero-order chi connectivity index (χ0) is 14.5. The Bertz CT molecular complexity index is 452. The summed E-state index contributed by atoms with van der Waals surface area (Å²) in [5.74, 6) is -0.652. The van der Waals surface area contributed by atoms with E-state index in [1.165, 1.54) is 7.11 Å². The van der Waals surface area contributed by atoms with Gasteiger partial charge in [-0.05, 0) is 38.0 Å². The number of ether oxygens (including phenoxy) is 1. The molecule has 0 aliphatic heterocycles. The van der Waals surface area contributed by atoms with Gasteiger partial charge in [-0.3, -0.25) is 4.79 Å². The van der Waals surface area contributed by atoms with E-state index in [0.717, 1.165) is 5.56 Å². The summed E-state index contributed by atoms with van der Waals surface area (Å²) in [4.78, 5) is 23.2. The minimum absolute atomic E-state index is 0.188. The standard InChI is InChI=1S/C14H20N2O3/c1-14(2,13(18)19-3)16-12(17)9-6-10-4-7-11(15)8-5-10/h4-5,7-8H,6,9,15H2,1-3H3,(H,16,17). The normalized spacial score (nSPS) is 10.9. The van der Waals surface area contributed by atoms with E-state index in [0.29, 0.717) is 18.5 Å². The fraction of sp³-hybridized carbons (Fsp3) is 0.429. The molecule has 0 heterocycles. The fourth-order valence-corrected chi connectivity index (χ4v) is 1.66. The highest BCUT2D eigenvalue weighted by molar-refractivity contribution is 5.87. The van der Waals surface area contributed by atoms with Crippen LogP contribution < -0.4 is 11.1 Å². The van der Waals surface area contributed by atoms with Gasteiger partial charge in [-0.15, -0.1) is 0 Å². The third-order valence-corrected chi connectivity index (χ3v) is 2.77. The maximum Gasteiger partial charge on any atom is 0.330 e. The number of nitrogen functional groups attached to an aromatic ring is 1. The smallest absolute Gasteiger partial charge is 0.330 e. The van der Waals surface area contributed by atoms with Crippen LogP contribution in [0.15, 0.2) is 24.3 Å². The molecule has 0 aliphatic rings. The van der Waals surface area contributed by atoms with Crippen molar-refractivity contribution in [3.8, 4) is 0 Å². The number of methoxy groups -OCH3 is 1. The third kappa shape index (κ3) is 4.62. The van der Waals surface area contributed by atoms with Gasteiger partial charge in [-0.25, -0.2) is 4.79 Å². The SMILES string of the molecule is COC(=O)C(C)(C)NC(=O)CCc1ccc(N)cc1. The highest BCUT2D eigenvalue weighted by Gasteiger charge is 2.30. The predicted octanol–water partition coefficient (Wildman–Crippen LogP) is 1.27. The Morgan fingerprint density at radius 2 is 1.84 bits per heavy atom. The van der Waals surface area contributed by atoms with Crippen molar-refractivity contribution in [2.75, 3.05) is 12.8 Å². The molecule has 0 saturated heterocycles. The summed E-state index contributed by atoms with van der Waals surface area (Å²) in [7, 11) is 1.30. The lowest BCUT2D eigenvalue weighted by molar-refractivity contribution is -0.149. The predicted molar refractivity (Wildman–Crippen MR) is 73.4 cm³/mol. The molecule has 19 heavy (non-hydrogen) atoms. The molecule has 0 aromatic heterocycles. The summed E-state index contributed by atoms with van der Waals surface area (Å²) in [5.41, 5.74) is 6.30. The van der Waals surface area contributed by atoms with Crippen molar-refractivity contribution < 1.29 is 14.3 Å². The van der Waals surface area contributed by atoms with Crippen molar-refractivity contribution in [1.82, 2.24) is 5.32 Å². The molecule has 5 heteroatoms. The number of benzene rings is 1. The maximum atomic E-state index is 11.8. The van der Waals surface area contributed by atoms with Crippen LogP contribution in [0.2, 0.25) is 0 Å². The third-order valence-electron chi connectivity index (χ3n) is 2.77. The lowest BCUT2D eigenvalue weighted by Crippen LogP contribution is -2.50. The molecule has 0 atom stereocenters. The Kier molecular flexibility index (Phi) is 4.92. The molecule has 0 spiro atoms. The Labute approximate surface area is 113 Å². The second kappa shape index (κ2) is 6.22. The number of hydrogen-bond acceptors (Lipinski definition) is 4. The summed E-state index contributed by atoms with van der Waals surface area (Å²) >= 11 is 0. The van der Waals surface area contributed by atoms with E-state index in [9.17, 15) is 9.59 Å². The minimum Gasteiger partial charge on any atom is -0.467 e. The van der Waals surface area contributed by atoms with E-state index in [1.54, 1.807) is 26.0 Å². The number of nitrogens with one attached hydrogen (secondary N) is 1. The molecule has 5 nitrogen and oxygen atoms in total. The topological polar surface area (TPSA) is 81.4 Å². The van der Waals surface area contributed by atoms with Crippen LogP contribution in [-0.2, 0) is 20.7 Å².